The van der Waals surface area contributed by atoms with E-state index in [9.17, 15) is 0 Å². The first-order valence-electron chi connectivity index (χ1n) is 4.32. The third-order valence-electron chi connectivity index (χ3n) is 1.90. The van der Waals surface area contributed by atoms with Crippen LogP contribution in [0.25, 0.3) is 0 Å². The molecule has 0 unspecified atom stereocenters. The second-order valence-electron chi connectivity index (χ2n) is 3.38. The van der Waals surface area contributed by atoms with Gasteiger partial charge in [0.15, 0.2) is 0 Å². The minimum atomic E-state index is 0.119. The van der Waals surface area contributed by atoms with Gasteiger partial charge in [-0.05, 0) is 20.5 Å². The lowest BCUT2D eigenvalue weighted by Crippen LogP contribution is -2.18. The highest BCUT2D eigenvalue weighted by molar-refractivity contribution is 5.55. The fourth-order valence-electron chi connectivity index (χ4n) is 1.13. The molecule has 1 rings (SSSR count). The van der Waals surface area contributed by atoms with Gasteiger partial charge in [0.2, 0.25) is 5.95 Å². The minimum absolute atomic E-state index is 0.119. The van der Waals surface area contributed by atoms with Gasteiger partial charge in [-0.1, -0.05) is 0 Å². The number of hydrogen-bond donors (Lipinski definition) is 3. The van der Waals surface area contributed by atoms with E-state index < -0.39 is 0 Å². The van der Waals surface area contributed by atoms with E-state index in [1.807, 2.05) is 19.0 Å². The molecule has 6 N–H and O–H groups in total. The van der Waals surface area contributed by atoms with E-state index in [1.54, 1.807) is 0 Å². The Morgan fingerprint density at radius 2 is 1.57 bits per heavy atom. The summed E-state index contributed by atoms with van der Waals surface area (Å²) < 4.78 is 0. The SMILES string of the molecule is CN(C)CCc1c(N)nc(N)nc1N. The monoisotopic (exact) mass is 196 g/mol. The molecular weight excluding hydrogens is 180 g/mol. The zero-order valence-electron chi connectivity index (χ0n) is 8.49. The molecule has 0 aromatic carbocycles. The van der Waals surface area contributed by atoms with Crippen molar-refractivity contribution in [3.63, 3.8) is 0 Å². The molecule has 0 saturated heterocycles. The van der Waals surface area contributed by atoms with E-state index in [-0.39, 0.29) is 5.95 Å². The molecule has 0 atom stereocenters. The quantitative estimate of drug-likeness (QED) is 0.591. The number of nitrogen functional groups attached to an aromatic ring is 3. The Kier molecular flexibility index (Phi) is 3.08. The van der Waals surface area contributed by atoms with Crippen LogP contribution < -0.4 is 17.2 Å². The Morgan fingerprint density at radius 1 is 1.07 bits per heavy atom. The number of nitrogens with two attached hydrogens (primary N) is 3. The van der Waals surface area contributed by atoms with E-state index >= 15 is 0 Å². The zero-order chi connectivity index (χ0) is 10.7. The Morgan fingerprint density at radius 3 is 2.00 bits per heavy atom. The largest absolute Gasteiger partial charge is 0.383 e. The van der Waals surface area contributed by atoms with Gasteiger partial charge in [0.05, 0.1) is 0 Å². The van der Waals surface area contributed by atoms with Gasteiger partial charge in [0.25, 0.3) is 0 Å². The van der Waals surface area contributed by atoms with Crippen molar-refractivity contribution in [1.29, 1.82) is 0 Å². The first-order chi connectivity index (χ1) is 6.50. The van der Waals surface area contributed by atoms with Crippen LogP contribution in [0.2, 0.25) is 0 Å². The summed E-state index contributed by atoms with van der Waals surface area (Å²) in [6.07, 6.45) is 0.727. The van der Waals surface area contributed by atoms with Gasteiger partial charge >= 0.3 is 0 Å². The van der Waals surface area contributed by atoms with Crippen LogP contribution in [-0.4, -0.2) is 35.5 Å². The maximum Gasteiger partial charge on any atom is 0.223 e. The summed E-state index contributed by atoms with van der Waals surface area (Å²) in [7, 11) is 3.95. The molecule has 0 aliphatic carbocycles. The van der Waals surface area contributed by atoms with Crippen molar-refractivity contribution in [3.8, 4) is 0 Å². The van der Waals surface area contributed by atoms with Gasteiger partial charge in [-0.3, -0.25) is 0 Å². The Balaban J connectivity index is 2.86. The standard InChI is InChI=1S/C8H16N6/c1-14(2)4-3-5-6(9)12-8(11)13-7(5)10/h3-4H2,1-2H3,(H6,9,10,11,12,13). The number of hydrogen-bond acceptors (Lipinski definition) is 6. The van der Waals surface area contributed by atoms with E-state index in [0.717, 1.165) is 18.5 Å². The highest BCUT2D eigenvalue weighted by atomic mass is 15.1. The van der Waals surface area contributed by atoms with Crippen molar-refractivity contribution in [2.45, 2.75) is 6.42 Å². The first-order valence-corrected chi connectivity index (χ1v) is 4.32. The molecule has 0 aliphatic heterocycles. The lowest BCUT2D eigenvalue weighted by molar-refractivity contribution is 0.414. The lowest BCUT2D eigenvalue weighted by Gasteiger charge is -2.12. The minimum Gasteiger partial charge on any atom is -0.383 e. The lowest BCUT2D eigenvalue weighted by atomic mass is 10.2. The van der Waals surface area contributed by atoms with Gasteiger partial charge < -0.3 is 22.1 Å². The average molecular weight is 196 g/mol. The number of aromatic nitrogens is 2. The molecule has 0 fully saturated rings. The second-order valence-corrected chi connectivity index (χ2v) is 3.38. The van der Waals surface area contributed by atoms with Crippen LogP contribution >= 0.6 is 0 Å². The van der Waals surface area contributed by atoms with Crippen molar-refractivity contribution in [2.75, 3.05) is 37.8 Å². The van der Waals surface area contributed by atoms with Crippen LogP contribution in [0.4, 0.5) is 17.6 Å². The Labute approximate surface area is 83.1 Å². The molecule has 0 spiro atoms. The van der Waals surface area contributed by atoms with Crippen LogP contribution in [0.5, 0.6) is 0 Å². The molecule has 78 valence electrons. The predicted molar refractivity (Wildman–Crippen MR) is 57.5 cm³/mol. The van der Waals surface area contributed by atoms with Gasteiger partial charge in [-0.25, -0.2) is 0 Å². The number of rotatable bonds is 3. The Hall–Kier alpha value is -1.56. The predicted octanol–water partition coefficient (Wildman–Crippen LogP) is -0.673. The molecule has 1 heterocycles. The van der Waals surface area contributed by atoms with Gasteiger partial charge in [0.1, 0.15) is 11.6 Å². The van der Waals surface area contributed by atoms with E-state index in [2.05, 4.69) is 9.97 Å². The highest BCUT2D eigenvalue weighted by Crippen LogP contribution is 2.17. The number of likely N-dealkylation sites (N-methyl/N-ethyl adjacent to an activating group) is 1. The van der Waals surface area contributed by atoms with Gasteiger partial charge in [0, 0.05) is 12.1 Å². The Bertz CT molecular complexity index is 299. The fraction of sp³-hybridized carbons (Fsp3) is 0.500. The normalized spacial score (nSPS) is 10.8. The summed E-state index contributed by atoms with van der Waals surface area (Å²) in [5, 5.41) is 0. The summed E-state index contributed by atoms with van der Waals surface area (Å²) in [5.74, 6) is 0.863. The van der Waals surface area contributed by atoms with Crippen LogP contribution in [-0.2, 0) is 6.42 Å². The van der Waals surface area contributed by atoms with Crippen molar-refractivity contribution in [1.82, 2.24) is 14.9 Å². The van der Waals surface area contributed by atoms with E-state index in [0.29, 0.717) is 11.6 Å². The summed E-state index contributed by atoms with van der Waals surface area (Å²) >= 11 is 0. The third kappa shape index (κ3) is 2.46. The van der Waals surface area contributed by atoms with E-state index in [1.165, 1.54) is 0 Å². The number of nitrogens with zero attached hydrogens (tertiary/aromatic N) is 3. The third-order valence-corrected chi connectivity index (χ3v) is 1.90. The van der Waals surface area contributed by atoms with Gasteiger partial charge in [-0.15, -0.1) is 0 Å². The molecule has 6 heteroatoms. The van der Waals surface area contributed by atoms with Crippen molar-refractivity contribution in [3.05, 3.63) is 5.56 Å². The van der Waals surface area contributed by atoms with Crippen LogP contribution in [0.1, 0.15) is 5.56 Å². The molecular formula is C8H16N6. The number of anilines is 3. The van der Waals surface area contributed by atoms with Crippen LogP contribution in [0, 0.1) is 0 Å². The maximum absolute atomic E-state index is 5.68. The fourth-order valence-corrected chi connectivity index (χ4v) is 1.13. The molecule has 0 amide bonds. The molecule has 0 radical (unpaired) electrons. The smallest absolute Gasteiger partial charge is 0.223 e. The summed E-state index contributed by atoms with van der Waals surface area (Å²) in [6.45, 7) is 0.849. The maximum atomic E-state index is 5.68. The molecule has 6 nitrogen and oxygen atoms in total. The molecule has 0 saturated carbocycles. The zero-order valence-corrected chi connectivity index (χ0v) is 8.49. The van der Waals surface area contributed by atoms with E-state index in [4.69, 9.17) is 17.2 Å². The molecule has 1 aromatic heterocycles. The van der Waals surface area contributed by atoms with Crippen LogP contribution in [0.3, 0.4) is 0 Å². The summed E-state index contributed by atoms with van der Waals surface area (Å²) in [5.41, 5.74) is 17.5. The summed E-state index contributed by atoms with van der Waals surface area (Å²) in [6, 6.07) is 0. The van der Waals surface area contributed by atoms with Crippen molar-refractivity contribution < 1.29 is 0 Å². The average Bonchev–Trinajstić information content (AvgIpc) is 2.01. The van der Waals surface area contributed by atoms with Gasteiger partial charge in [-0.2, -0.15) is 9.97 Å². The highest BCUT2D eigenvalue weighted by Gasteiger charge is 2.08. The molecule has 0 bridgehead atoms. The molecule has 1 aromatic rings. The topological polar surface area (TPSA) is 107 Å². The molecule has 14 heavy (non-hydrogen) atoms. The van der Waals surface area contributed by atoms with Crippen LogP contribution in [0.15, 0.2) is 0 Å². The first kappa shape index (κ1) is 10.5. The molecule has 0 aliphatic rings. The second kappa shape index (κ2) is 4.10. The van der Waals surface area contributed by atoms with Crippen molar-refractivity contribution in [2.24, 2.45) is 0 Å². The summed E-state index contributed by atoms with van der Waals surface area (Å²) in [4.78, 5) is 9.75. The van der Waals surface area contributed by atoms with Crippen molar-refractivity contribution >= 4 is 17.6 Å².